The number of ether oxygens (including phenoxy) is 1. The molecule has 0 unspecified atom stereocenters. The van der Waals surface area contributed by atoms with Crippen LogP contribution in [0, 0.1) is 6.92 Å². The summed E-state index contributed by atoms with van der Waals surface area (Å²) in [4.78, 5) is 24.9. The van der Waals surface area contributed by atoms with Gasteiger partial charge in [0.15, 0.2) is 0 Å². The molecule has 0 bridgehead atoms. The number of pyridine rings is 1. The Balaban J connectivity index is 2.62. The quantitative estimate of drug-likeness (QED) is 0.884. The second-order valence-corrected chi connectivity index (χ2v) is 4.11. The van der Waals surface area contributed by atoms with E-state index >= 15 is 0 Å². The first-order valence-corrected chi connectivity index (χ1v) is 5.64. The van der Waals surface area contributed by atoms with Crippen molar-refractivity contribution in [3.63, 3.8) is 0 Å². The van der Waals surface area contributed by atoms with Gasteiger partial charge in [0.05, 0.1) is 12.7 Å². The number of carbonyl (C=O) groups is 1. The fourth-order valence-electron chi connectivity index (χ4n) is 1.93. The number of aromatic carboxylic acids is 1. The standard InChI is InChI=1S/C14H13NO4/c1-8-5-9(3-4-12(8)19-2)11-7-15-13(16)6-10(11)14(17)18/h3-7H,1-2H3,(H,15,16)(H,17,18). The lowest BCUT2D eigenvalue weighted by Gasteiger charge is -2.09. The van der Waals surface area contributed by atoms with Crippen molar-refractivity contribution in [2.24, 2.45) is 0 Å². The van der Waals surface area contributed by atoms with Crippen molar-refractivity contribution >= 4 is 5.97 Å². The highest BCUT2D eigenvalue weighted by atomic mass is 16.5. The molecule has 0 saturated heterocycles. The second kappa shape index (κ2) is 4.97. The number of methoxy groups -OCH3 is 1. The highest BCUT2D eigenvalue weighted by molar-refractivity contribution is 5.95. The number of carboxylic acid groups (broad SMARTS) is 1. The van der Waals surface area contributed by atoms with E-state index < -0.39 is 11.5 Å². The summed E-state index contributed by atoms with van der Waals surface area (Å²) in [6.07, 6.45) is 1.41. The van der Waals surface area contributed by atoms with E-state index in [1.807, 2.05) is 13.0 Å². The van der Waals surface area contributed by atoms with Crippen molar-refractivity contribution in [2.45, 2.75) is 6.92 Å². The average molecular weight is 259 g/mol. The molecule has 1 aromatic heterocycles. The maximum atomic E-state index is 11.2. The third-order valence-corrected chi connectivity index (χ3v) is 2.86. The molecule has 0 fully saturated rings. The Morgan fingerprint density at radius 3 is 2.63 bits per heavy atom. The fraction of sp³-hybridized carbons (Fsp3) is 0.143. The van der Waals surface area contributed by atoms with Gasteiger partial charge in [0.2, 0.25) is 5.56 Å². The van der Waals surface area contributed by atoms with Crippen LogP contribution in [0.3, 0.4) is 0 Å². The van der Waals surface area contributed by atoms with Gasteiger partial charge < -0.3 is 14.8 Å². The van der Waals surface area contributed by atoms with Crippen molar-refractivity contribution in [1.82, 2.24) is 4.98 Å². The van der Waals surface area contributed by atoms with Crippen molar-refractivity contribution in [3.8, 4) is 16.9 Å². The second-order valence-electron chi connectivity index (χ2n) is 4.11. The maximum Gasteiger partial charge on any atom is 0.336 e. The van der Waals surface area contributed by atoms with E-state index in [-0.39, 0.29) is 5.56 Å². The van der Waals surface area contributed by atoms with Gasteiger partial charge in [0.25, 0.3) is 0 Å². The van der Waals surface area contributed by atoms with Gasteiger partial charge >= 0.3 is 5.97 Å². The minimum Gasteiger partial charge on any atom is -0.496 e. The number of aromatic amines is 1. The molecule has 5 nitrogen and oxygen atoms in total. The molecule has 5 heteroatoms. The molecule has 0 aliphatic heterocycles. The molecule has 0 aliphatic rings. The zero-order valence-electron chi connectivity index (χ0n) is 10.6. The molecule has 2 N–H and O–H groups in total. The molecule has 0 aliphatic carbocycles. The molecule has 0 spiro atoms. The molecule has 98 valence electrons. The molecule has 1 heterocycles. The minimum atomic E-state index is -1.13. The maximum absolute atomic E-state index is 11.2. The van der Waals surface area contributed by atoms with Gasteiger partial charge in [-0.3, -0.25) is 4.79 Å². The van der Waals surface area contributed by atoms with Crippen LogP contribution in [0.4, 0.5) is 0 Å². The van der Waals surface area contributed by atoms with Crippen LogP contribution in [-0.4, -0.2) is 23.2 Å². The Labute approximate surface area is 109 Å². The normalized spacial score (nSPS) is 10.2. The zero-order chi connectivity index (χ0) is 14.0. The third kappa shape index (κ3) is 2.49. The van der Waals surface area contributed by atoms with Gasteiger partial charge in [0, 0.05) is 17.8 Å². The Bertz CT molecular complexity index is 688. The fourth-order valence-corrected chi connectivity index (χ4v) is 1.93. The van der Waals surface area contributed by atoms with Crippen LogP contribution < -0.4 is 10.3 Å². The first-order chi connectivity index (χ1) is 9.02. The molecular formula is C14H13NO4. The summed E-state index contributed by atoms with van der Waals surface area (Å²) in [5.74, 6) is -0.403. The molecule has 2 aromatic rings. The summed E-state index contributed by atoms with van der Waals surface area (Å²) in [5.41, 5.74) is 1.62. The van der Waals surface area contributed by atoms with Gasteiger partial charge in [-0.1, -0.05) is 6.07 Å². The lowest BCUT2D eigenvalue weighted by molar-refractivity contribution is 0.0697. The van der Waals surface area contributed by atoms with Crippen molar-refractivity contribution in [2.75, 3.05) is 7.11 Å². The molecule has 0 saturated carbocycles. The monoisotopic (exact) mass is 259 g/mol. The van der Waals surface area contributed by atoms with Gasteiger partial charge in [-0.2, -0.15) is 0 Å². The lowest BCUT2D eigenvalue weighted by Crippen LogP contribution is -2.10. The predicted octanol–water partition coefficient (Wildman–Crippen LogP) is 2.06. The summed E-state index contributed by atoms with van der Waals surface area (Å²) in [6, 6.07) is 6.42. The summed E-state index contributed by atoms with van der Waals surface area (Å²) in [6.45, 7) is 1.87. The number of rotatable bonds is 3. The molecular weight excluding hydrogens is 246 g/mol. The van der Waals surface area contributed by atoms with Gasteiger partial charge in [-0.25, -0.2) is 4.79 Å². The van der Waals surface area contributed by atoms with E-state index in [9.17, 15) is 9.59 Å². The van der Waals surface area contributed by atoms with Crippen LogP contribution in [0.1, 0.15) is 15.9 Å². The number of hydrogen-bond donors (Lipinski definition) is 2. The largest absolute Gasteiger partial charge is 0.496 e. The number of nitrogens with one attached hydrogen (secondary N) is 1. The van der Waals surface area contributed by atoms with Crippen LogP contribution in [0.2, 0.25) is 0 Å². The van der Waals surface area contributed by atoms with Crippen LogP contribution in [0.25, 0.3) is 11.1 Å². The van der Waals surface area contributed by atoms with Gasteiger partial charge in [-0.15, -0.1) is 0 Å². The van der Waals surface area contributed by atoms with Crippen LogP contribution in [0.5, 0.6) is 5.75 Å². The molecule has 19 heavy (non-hydrogen) atoms. The SMILES string of the molecule is COc1ccc(-c2c[nH]c(=O)cc2C(=O)O)cc1C. The molecule has 0 radical (unpaired) electrons. The number of aryl methyl sites for hydroxylation is 1. The number of aromatic nitrogens is 1. The first-order valence-electron chi connectivity index (χ1n) is 5.64. The Morgan fingerprint density at radius 2 is 2.05 bits per heavy atom. The van der Waals surface area contributed by atoms with Crippen molar-refractivity contribution < 1.29 is 14.6 Å². The Morgan fingerprint density at radius 1 is 1.32 bits per heavy atom. The van der Waals surface area contributed by atoms with E-state index in [4.69, 9.17) is 9.84 Å². The van der Waals surface area contributed by atoms with Crippen molar-refractivity contribution in [3.05, 3.63) is 51.9 Å². The summed E-state index contributed by atoms with van der Waals surface area (Å²) in [7, 11) is 1.57. The zero-order valence-corrected chi connectivity index (χ0v) is 10.6. The smallest absolute Gasteiger partial charge is 0.336 e. The Kier molecular flexibility index (Phi) is 3.37. The molecule has 0 amide bonds. The highest BCUT2D eigenvalue weighted by Gasteiger charge is 2.13. The van der Waals surface area contributed by atoms with Gasteiger partial charge in [-0.05, 0) is 30.2 Å². The van der Waals surface area contributed by atoms with E-state index in [0.29, 0.717) is 11.1 Å². The van der Waals surface area contributed by atoms with E-state index in [2.05, 4.69) is 4.98 Å². The van der Waals surface area contributed by atoms with E-state index in [0.717, 1.165) is 17.4 Å². The Hall–Kier alpha value is -2.56. The predicted molar refractivity (Wildman–Crippen MR) is 70.7 cm³/mol. The minimum absolute atomic E-state index is 0.0201. The first kappa shape index (κ1) is 12.9. The topological polar surface area (TPSA) is 79.4 Å². The number of benzene rings is 1. The summed E-state index contributed by atoms with van der Waals surface area (Å²) >= 11 is 0. The number of hydrogen-bond acceptors (Lipinski definition) is 3. The van der Waals surface area contributed by atoms with Crippen LogP contribution in [-0.2, 0) is 0 Å². The van der Waals surface area contributed by atoms with E-state index in [1.165, 1.54) is 6.20 Å². The third-order valence-electron chi connectivity index (χ3n) is 2.86. The average Bonchev–Trinajstić information content (AvgIpc) is 2.38. The highest BCUT2D eigenvalue weighted by Crippen LogP contribution is 2.27. The van der Waals surface area contributed by atoms with Crippen LogP contribution >= 0.6 is 0 Å². The van der Waals surface area contributed by atoms with Crippen molar-refractivity contribution in [1.29, 1.82) is 0 Å². The summed E-state index contributed by atoms with van der Waals surface area (Å²) < 4.78 is 5.16. The molecule has 1 aromatic carbocycles. The van der Waals surface area contributed by atoms with Gasteiger partial charge in [0.1, 0.15) is 5.75 Å². The number of carboxylic acids is 1. The summed E-state index contributed by atoms with van der Waals surface area (Å²) in [5, 5.41) is 9.14. The molecule has 0 atom stereocenters. The van der Waals surface area contributed by atoms with E-state index in [1.54, 1.807) is 19.2 Å². The lowest BCUT2D eigenvalue weighted by atomic mass is 10.00. The van der Waals surface area contributed by atoms with Crippen LogP contribution in [0.15, 0.2) is 35.3 Å². The molecule has 2 rings (SSSR count). The number of H-pyrrole nitrogens is 1.